The fourth-order valence-corrected chi connectivity index (χ4v) is 3.04. The molecule has 3 aromatic carbocycles. The SMILES string of the molecule is Cc1ccc2ccccc2c1-c1cccc2cccnc12. The van der Waals surface area contributed by atoms with Gasteiger partial charge in [0.2, 0.25) is 0 Å². The predicted octanol–water partition coefficient (Wildman–Crippen LogP) is 5.36. The molecule has 0 N–H and O–H groups in total. The van der Waals surface area contributed by atoms with Gasteiger partial charge in [-0.25, -0.2) is 0 Å². The van der Waals surface area contributed by atoms with Crippen LogP contribution in [0.1, 0.15) is 5.56 Å². The molecule has 100 valence electrons. The summed E-state index contributed by atoms with van der Waals surface area (Å²) in [5.41, 5.74) is 4.85. The van der Waals surface area contributed by atoms with E-state index in [1.54, 1.807) is 0 Å². The van der Waals surface area contributed by atoms with Gasteiger partial charge in [0.05, 0.1) is 5.52 Å². The first kappa shape index (κ1) is 12.1. The molecule has 1 heterocycles. The van der Waals surface area contributed by atoms with Crippen molar-refractivity contribution in [3.63, 3.8) is 0 Å². The molecule has 1 heteroatoms. The molecule has 0 spiro atoms. The van der Waals surface area contributed by atoms with Crippen molar-refractivity contribution in [2.45, 2.75) is 6.92 Å². The number of para-hydroxylation sites is 1. The minimum atomic E-state index is 1.07. The minimum absolute atomic E-state index is 1.07. The van der Waals surface area contributed by atoms with Crippen LogP contribution in [-0.2, 0) is 0 Å². The Hall–Kier alpha value is -2.67. The van der Waals surface area contributed by atoms with Crippen LogP contribution in [0.15, 0.2) is 72.9 Å². The fraction of sp³-hybridized carbons (Fsp3) is 0.0500. The first-order valence-corrected chi connectivity index (χ1v) is 7.17. The molecule has 0 bridgehead atoms. The van der Waals surface area contributed by atoms with E-state index in [2.05, 4.69) is 72.6 Å². The van der Waals surface area contributed by atoms with Gasteiger partial charge in [0.15, 0.2) is 0 Å². The second-order valence-corrected chi connectivity index (χ2v) is 5.36. The van der Waals surface area contributed by atoms with E-state index in [-0.39, 0.29) is 0 Å². The summed E-state index contributed by atoms with van der Waals surface area (Å²) < 4.78 is 0. The van der Waals surface area contributed by atoms with E-state index in [4.69, 9.17) is 0 Å². The number of aromatic nitrogens is 1. The molecule has 0 aliphatic rings. The maximum absolute atomic E-state index is 4.61. The van der Waals surface area contributed by atoms with Gasteiger partial charge in [-0.2, -0.15) is 0 Å². The highest BCUT2D eigenvalue weighted by molar-refractivity contribution is 6.05. The number of hydrogen-bond acceptors (Lipinski definition) is 1. The van der Waals surface area contributed by atoms with Crippen molar-refractivity contribution in [1.82, 2.24) is 4.98 Å². The van der Waals surface area contributed by atoms with Gasteiger partial charge in [0.25, 0.3) is 0 Å². The Morgan fingerprint density at radius 1 is 0.714 bits per heavy atom. The molecule has 21 heavy (non-hydrogen) atoms. The van der Waals surface area contributed by atoms with Gasteiger partial charge in [0.1, 0.15) is 0 Å². The Morgan fingerprint density at radius 3 is 2.48 bits per heavy atom. The van der Waals surface area contributed by atoms with Gasteiger partial charge in [-0.05, 0) is 34.9 Å². The molecule has 4 rings (SSSR count). The van der Waals surface area contributed by atoms with Crippen molar-refractivity contribution in [3.8, 4) is 11.1 Å². The Kier molecular flexibility index (Phi) is 2.71. The topological polar surface area (TPSA) is 12.9 Å². The zero-order chi connectivity index (χ0) is 14.2. The molecule has 0 atom stereocenters. The summed E-state index contributed by atoms with van der Waals surface area (Å²) in [7, 11) is 0. The summed E-state index contributed by atoms with van der Waals surface area (Å²) in [5, 5.41) is 3.74. The van der Waals surface area contributed by atoms with Crippen LogP contribution in [0.5, 0.6) is 0 Å². The summed E-state index contributed by atoms with van der Waals surface area (Å²) in [6.45, 7) is 2.17. The molecule has 0 saturated heterocycles. The van der Waals surface area contributed by atoms with Crippen molar-refractivity contribution >= 4 is 21.7 Å². The summed E-state index contributed by atoms with van der Waals surface area (Å²) in [4.78, 5) is 4.61. The van der Waals surface area contributed by atoms with Crippen LogP contribution < -0.4 is 0 Å². The normalized spacial score (nSPS) is 11.1. The van der Waals surface area contributed by atoms with E-state index in [9.17, 15) is 0 Å². The van der Waals surface area contributed by atoms with Crippen LogP contribution in [0.3, 0.4) is 0 Å². The Bertz CT molecular complexity index is 949. The Balaban J connectivity index is 2.16. The fourth-order valence-electron chi connectivity index (χ4n) is 3.04. The molecule has 0 saturated carbocycles. The highest BCUT2D eigenvalue weighted by atomic mass is 14.6. The van der Waals surface area contributed by atoms with Crippen LogP contribution in [0.4, 0.5) is 0 Å². The third-order valence-electron chi connectivity index (χ3n) is 4.04. The van der Waals surface area contributed by atoms with E-state index < -0.39 is 0 Å². The zero-order valence-electron chi connectivity index (χ0n) is 11.9. The second kappa shape index (κ2) is 4.71. The molecule has 0 aliphatic heterocycles. The van der Waals surface area contributed by atoms with E-state index in [1.807, 2.05) is 12.3 Å². The average molecular weight is 269 g/mol. The molecular formula is C20H15N. The van der Waals surface area contributed by atoms with Crippen molar-refractivity contribution in [2.75, 3.05) is 0 Å². The van der Waals surface area contributed by atoms with E-state index in [1.165, 1.54) is 32.8 Å². The van der Waals surface area contributed by atoms with Gasteiger partial charge in [0, 0.05) is 17.1 Å². The van der Waals surface area contributed by atoms with Crippen LogP contribution in [-0.4, -0.2) is 4.98 Å². The van der Waals surface area contributed by atoms with Crippen molar-refractivity contribution in [3.05, 3.63) is 78.5 Å². The summed E-state index contributed by atoms with van der Waals surface area (Å²) in [6, 6.07) is 23.4. The first-order valence-electron chi connectivity index (χ1n) is 7.17. The summed E-state index contributed by atoms with van der Waals surface area (Å²) in [6.07, 6.45) is 1.87. The lowest BCUT2D eigenvalue weighted by molar-refractivity contribution is 1.40. The van der Waals surface area contributed by atoms with Gasteiger partial charge in [-0.3, -0.25) is 4.98 Å². The standard InChI is InChI=1S/C20H15N/c1-14-11-12-15-6-2-3-9-17(15)19(14)18-10-4-7-16-8-5-13-21-20(16)18/h2-13H,1H3. The lowest BCUT2D eigenvalue weighted by atomic mass is 9.92. The molecule has 0 unspecified atom stereocenters. The number of fused-ring (bicyclic) bond motifs is 2. The Labute approximate surface area is 123 Å². The Morgan fingerprint density at radius 2 is 1.52 bits per heavy atom. The van der Waals surface area contributed by atoms with Gasteiger partial charge in [-0.15, -0.1) is 0 Å². The number of nitrogens with zero attached hydrogens (tertiary/aromatic N) is 1. The highest BCUT2D eigenvalue weighted by Gasteiger charge is 2.10. The largest absolute Gasteiger partial charge is 0.256 e. The van der Waals surface area contributed by atoms with Crippen molar-refractivity contribution < 1.29 is 0 Å². The van der Waals surface area contributed by atoms with E-state index in [0.717, 1.165) is 5.52 Å². The average Bonchev–Trinajstić information content (AvgIpc) is 2.54. The number of pyridine rings is 1. The molecule has 1 nitrogen and oxygen atoms in total. The van der Waals surface area contributed by atoms with Gasteiger partial charge < -0.3 is 0 Å². The van der Waals surface area contributed by atoms with E-state index >= 15 is 0 Å². The monoisotopic (exact) mass is 269 g/mol. The van der Waals surface area contributed by atoms with Crippen molar-refractivity contribution in [1.29, 1.82) is 0 Å². The zero-order valence-corrected chi connectivity index (χ0v) is 11.9. The molecular weight excluding hydrogens is 254 g/mol. The second-order valence-electron chi connectivity index (χ2n) is 5.36. The summed E-state index contributed by atoms with van der Waals surface area (Å²) in [5.74, 6) is 0. The quantitative estimate of drug-likeness (QED) is 0.453. The molecule has 4 aromatic rings. The number of aryl methyl sites for hydroxylation is 1. The number of rotatable bonds is 1. The number of hydrogen-bond donors (Lipinski definition) is 0. The first-order chi connectivity index (χ1) is 10.3. The molecule has 0 aliphatic carbocycles. The van der Waals surface area contributed by atoms with Crippen LogP contribution in [0.25, 0.3) is 32.8 Å². The smallest absolute Gasteiger partial charge is 0.0780 e. The lowest BCUT2D eigenvalue weighted by Crippen LogP contribution is -1.89. The molecule has 0 fully saturated rings. The molecule has 1 aromatic heterocycles. The number of benzene rings is 3. The van der Waals surface area contributed by atoms with Gasteiger partial charge in [-0.1, -0.05) is 60.7 Å². The van der Waals surface area contributed by atoms with Crippen LogP contribution in [0.2, 0.25) is 0 Å². The third kappa shape index (κ3) is 1.90. The highest BCUT2D eigenvalue weighted by Crippen LogP contribution is 2.35. The van der Waals surface area contributed by atoms with Crippen molar-refractivity contribution in [2.24, 2.45) is 0 Å². The minimum Gasteiger partial charge on any atom is -0.256 e. The molecule has 0 amide bonds. The van der Waals surface area contributed by atoms with E-state index in [0.29, 0.717) is 0 Å². The lowest BCUT2D eigenvalue weighted by Gasteiger charge is -2.12. The predicted molar refractivity (Wildman–Crippen MR) is 89.4 cm³/mol. The van der Waals surface area contributed by atoms with Crippen LogP contribution >= 0.6 is 0 Å². The van der Waals surface area contributed by atoms with Crippen LogP contribution in [0, 0.1) is 6.92 Å². The van der Waals surface area contributed by atoms with Gasteiger partial charge >= 0.3 is 0 Å². The summed E-state index contributed by atoms with van der Waals surface area (Å²) >= 11 is 0. The maximum atomic E-state index is 4.61. The third-order valence-corrected chi connectivity index (χ3v) is 4.04. The molecule has 0 radical (unpaired) electrons. The maximum Gasteiger partial charge on any atom is 0.0780 e.